The summed E-state index contributed by atoms with van der Waals surface area (Å²) in [4.78, 5) is 0. The molecule has 80 valence electrons. The first-order chi connectivity index (χ1) is 7.09. The monoisotopic (exact) mass is 225 g/mol. The molecule has 3 aliphatic rings. The predicted octanol–water partition coefficient (Wildman–Crippen LogP) is 2.86. The first-order valence-corrected chi connectivity index (χ1v) is 5.63. The van der Waals surface area contributed by atoms with Crippen molar-refractivity contribution in [3.8, 4) is 0 Å². The minimum atomic E-state index is -0.305. The Morgan fingerprint density at radius 3 is 2.53 bits per heavy atom. The Hall–Kier alpha value is -0.600. The second-order valence-corrected chi connectivity index (χ2v) is 5.55. The van der Waals surface area contributed by atoms with Crippen LogP contribution in [0.5, 0.6) is 0 Å². The van der Waals surface area contributed by atoms with Crippen molar-refractivity contribution in [2.75, 3.05) is 6.54 Å². The van der Waals surface area contributed by atoms with Crippen LogP contribution in [0.2, 0.25) is 5.02 Å². The molecule has 4 rings (SSSR count). The SMILES string of the molecule is NCC12CC(c3ccc(Cl)c(F)c3)(C1)C2. The van der Waals surface area contributed by atoms with Crippen LogP contribution in [0.1, 0.15) is 24.8 Å². The molecule has 0 radical (unpaired) electrons. The topological polar surface area (TPSA) is 26.0 Å². The zero-order valence-electron chi connectivity index (χ0n) is 8.39. The van der Waals surface area contributed by atoms with Gasteiger partial charge in [-0.2, -0.15) is 0 Å². The molecular formula is C12H13ClFN. The highest BCUT2D eigenvalue weighted by Crippen LogP contribution is 2.73. The molecule has 0 saturated heterocycles. The summed E-state index contributed by atoms with van der Waals surface area (Å²) in [5, 5.41) is 0.207. The molecule has 15 heavy (non-hydrogen) atoms. The summed E-state index contributed by atoms with van der Waals surface area (Å²) in [6, 6.07) is 5.19. The van der Waals surface area contributed by atoms with Crippen LogP contribution < -0.4 is 5.73 Å². The average Bonchev–Trinajstić information content (AvgIpc) is 2.07. The van der Waals surface area contributed by atoms with Crippen molar-refractivity contribution < 1.29 is 4.39 Å². The summed E-state index contributed by atoms with van der Waals surface area (Å²) in [6.07, 6.45) is 3.37. The molecule has 0 atom stereocenters. The van der Waals surface area contributed by atoms with Gasteiger partial charge in [0.15, 0.2) is 0 Å². The van der Waals surface area contributed by atoms with Gasteiger partial charge in [0.1, 0.15) is 5.82 Å². The Morgan fingerprint density at radius 1 is 1.33 bits per heavy atom. The maximum Gasteiger partial charge on any atom is 0.142 e. The Bertz CT molecular complexity index is 410. The van der Waals surface area contributed by atoms with Gasteiger partial charge >= 0.3 is 0 Å². The van der Waals surface area contributed by atoms with Crippen LogP contribution in [0, 0.1) is 11.2 Å². The number of hydrogen-bond donors (Lipinski definition) is 1. The molecule has 1 aromatic rings. The molecule has 2 bridgehead atoms. The van der Waals surface area contributed by atoms with Crippen LogP contribution in [0.4, 0.5) is 4.39 Å². The van der Waals surface area contributed by atoms with E-state index < -0.39 is 0 Å². The quantitative estimate of drug-likeness (QED) is 0.823. The molecule has 3 saturated carbocycles. The van der Waals surface area contributed by atoms with Crippen molar-refractivity contribution in [3.63, 3.8) is 0 Å². The Morgan fingerprint density at radius 2 is 2.00 bits per heavy atom. The van der Waals surface area contributed by atoms with Crippen LogP contribution in [-0.2, 0) is 5.41 Å². The lowest BCUT2D eigenvalue weighted by molar-refractivity contribution is -0.132. The zero-order chi connectivity index (χ0) is 10.7. The maximum atomic E-state index is 13.3. The van der Waals surface area contributed by atoms with E-state index in [1.807, 2.05) is 6.07 Å². The molecule has 1 aromatic carbocycles. The van der Waals surface area contributed by atoms with Crippen molar-refractivity contribution in [2.24, 2.45) is 11.1 Å². The van der Waals surface area contributed by atoms with Crippen molar-refractivity contribution in [1.82, 2.24) is 0 Å². The highest BCUT2D eigenvalue weighted by atomic mass is 35.5. The predicted molar refractivity (Wildman–Crippen MR) is 58.4 cm³/mol. The molecule has 2 N–H and O–H groups in total. The van der Waals surface area contributed by atoms with Gasteiger partial charge < -0.3 is 5.73 Å². The van der Waals surface area contributed by atoms with Crippen molar-refractivity contribution in [2.45, 2.75) is 24.7 Å². The molecule has 0 aromatic heterocycles. The van der Waals surface area contributed by atoms with E-state index in [2.05, 4.69) is 0 Å². The van der Waals surface area contributed by atoms with E-state index in [9.17, 15) is 4.39 Å². The second kappa shape index (κ2) is 2.74. The molecule has 1 nitrogen and oxygen atoms in total. The number of nitrogens with two attached hydrogens (primary N) is 1. The van der Waals surface area contributed by atoms with Crippen LogP contribution in [0.15, 0.2) is 18.2 Å². The number of halogens is 2. The first kappa shape index (κ1) is 9.61. The molecular weight excluding hydrogens is 213 g/mol. The van der Waals surface area contributed by atoms with Crippen molar-refractivity contribution >= 4 is 11.6 Å². The highest BCUT2D eigenvalue weighted by Gasteiger charge is 2.67. The summed E-state index contributed by atoms with van der Waals surface area (Å²) in [5.41, 5.74) is 7.41. The van der Waals surface area contributed by atoms with Gasteiger partial charge in [-0.3, -0.25) is 0 Å². The van der Waals surface area contributed by atoms with E-state index in [4.69, 9.17) is 17.3 Å². The maximum absolute atomic E-state index is 13.3. The van der Waals surface area contributed by atoms with Crippen LogP contribution in [0.3, 0.4) is 0 Å². The van der Waals surface area contributed by atoms with E-state index in [-0.39, 0.29) is 16.3 Å². The third-order valence-electron chi connectivity index (χ3n) is 4.11. The largest absolute Gasteiger partial charge is 0.330 e. The number of rotatable bonds is 2. The molecule has 0 unspecified atom stereocenters. The van der Waals surface area contributed by atoms with Crippen LogP contribution in [-0.4, -0.2) is 6.54 Å². The standard InChI is InChI=1S/C12H13ClFN/c13-9-2-1-8(3-10(9)14)12-4-11(5-12,6-12)7-15/h1-3H,4-7,15H2. The van der Waals surface area contributed by atoms with E-state index in [1.165, 1.54) is 0 Å². The molecule has 0 heterocycles. The summed E-state index contributed by atoms with van der Waals surface area (Å²) >= 11 is 5.66. The second-order valence-electron chi connectivity index (χ2n) is 5.14. The lowest BCUT2D eigenvalue weighted by Crippen LogP contribution is -2.67. The summed E-state index contributed by atoms with van der Waals surface area (Å²) < 4.78 is 13.3. The summed E-state index contributed by atoms with van der Waals surface area (Å²) in [7, 11) is 0. The van der Waals surface area contributed by atoms with Crippen LogP contribution >= 0.6 is 11.6 Å². The van der Waals surface area contributed by atoms with Gasteiger partial charge in [-0.25, -0.2) is 4.39 Å². The molecule has 0 aliphatic heterocycles. The fraction of sp³-hybridized carbons (Fsp3) is 0.500. The van der Waals surface area contributed by atoms with Gasteiger partial charge in [-0.15, -0.1) is 0 Å². The van der Waals surface area contributed by atoms with Crippen molar-refractivity contribution in [1.29, 1.82) is 0 Å². The van der Waals surface area contributed by atoms with E-state index in [1.54, 1.807) is 12.1 Å². The fourth-order valence-corrected chi connectivity index (χ4v) is 3.46. The van der Waals surface area contributed by atoms with Gasteiger partial charge in [0.25, 0.3) is 0 Å². The smallest absolute Gasteiger partial charge is 0.142 e. The molecule has 3 fully saturated rings. The fourth-order valence-electron chi connectivity index (χ4n) is 3.35. The first-order valence-electron chi connectivity index (χ1n) is 5.25. The van der Waals surface area contributed by atoms with E-state index in [0.717, 1.165) is 31.4 Å². The summed E-state index contributed by atoms with van der Waals surface area (Å²) in [5.74, 6) is -0.305. The Labute approximate surface area is 93.4 Å². The minimum absolute atomic E-state index is 0.207. The molecule has 0 amide bonds. The highest BCUT2D eigenvalue weighted by molar-refractivity contribution is 6.30. The Balaban J connectivity index is 1.88. The minimum Gasteiger partial charge on any atom is -0.330 e. The average molecular weight is 226 g/mol. The third kappa shape index (κ3) is 1.12. The number of hydrogen-bond acceptors (Lipinski definition) is 1. The van der Waals surface area contributed by atoms with Gasteiger partial charge in [-0.05, 0) is 54.3 Å². The van der Waals surface area contributed by atoms with Crippen molar-refractivity contribution in [3.05, 3.63) is 34.6 Å². The van der Waals surface area contributed by atoms with Gasteiger partial charge in [0, 0.05) is 0 Å². The lowest BCUT2D eigenvalue weighted by Gasteiger charge is -2.71. The normalized spacial score (nSPS) is 37.0. The van der Waals surface area contributed by atoms with Crippen LogP contribution in [0.25, 0.3) is 0 Å². The molecule has 3 aliphatic carbocycles. The zero-order valence-corrected chi connectivity index (χ0v) is 9.15. The van der Waals surface area contributed by atoms with E-state index in [0.29, 0.717) is 5.41 Å². The lowest BCUT2D eigenvalue weighted by atomic mass is 9.33. The van der Waals surface area contributed by atoms with Gasteiger partial charge in [-0.1, -0.05) is 17.7 Å². The summed E-state index contributed by atoms with van der Waals surface area (Å²) in [6.45, 7) is 0.769. The van der Waals surface area contributed by atoms with Gasteiger partial charge in [0.2, 0.25) is 0 Å². The molecule has 3 heteroatoms. The number of benzene rings is 1. The Kier molecular flexibility index (Phi) is 1.76. The van der Waals surface area contributed by atoms with Gasteiger partial charge in [0.05, 0.1) is 5.02 Å². The third-order valence-corrected chi connectivity index (χ3v) is 4.41. The molecule has 0 spiro atoms. The van der Waals surface area contributed by atoms with E-state index >= 15 is 0 Å².